The average Bonchev–Trinajstić information content (AvgIpc) is 3.10. The fourth-order valence-corrected chi connectivity index (χ4v) is 3.11. The van der Waals surface area contributed by atoms with Crippen LogP contribution in [0.4, 0.5) is 0 Å². The molecule has 1 aliphatic rings. The van der Waals surface area contributed by atoms with Crippen molar-refractivity contribution in [2.24, 2.45) is 11.7 Å². The van der Waals surface area contributed by atoms with Crippen LogP contribution in [0.5, 0.6) is 0 Å². The molecule has 3 N–H and O–H groups in total. The molecule has 120 valence electrons. The molecule has 1 heterocycles. The summed E-state index contributed by atoms with van der Waals surface area (Å²) in [5.41, 5.74) is 6.82. The van der Waals surface area contributed by atoms with Crippen molar-refractivity contribution in [1.29, 1.82) is 0 Å². The maximum atomic E-state index is 12.5. The molecule has 1 saturated carbocycles. The second kappa shape index (κ2) is 6.64. The van der Waals surface area contributed by atoms with E-state index in [4.69, 9.17) is 5.73 Å². The van der Waals surface area contributed by atoms with Gasteiger partial charge in [0.05, 0.1) is 11.6 Å². The zero-order valence-electron chi connectivity index (χ0n) is 12.8. The molecule has 3 rings (SSSR count). The quantitative estimate of drug-likeness (QED) is 0.899. The van der Waals surface area contributed by atoms with Gasteiger partial charge in [-0.25, -0.2) is 4.68 Å². The molecule has 0 aliphatic heterocycles. The molecule has 1 aliphatic carbocycles. The summed E-state index contributed by atoms with van der Waals surface area (Å²) in [6.07, 6.45) is 7.02. The van der Waals surface area contributed by atoms with Gasteiger partial charge in [0.1, 0.15) is 0 Å². The van der Waals surface area contributed by atoms with Crippen LogP contribution in [-0.4, -0.2) is 27.6 Å². The summed E-state index contributed by atoms with van der Waals surface area (Å²) >= 11 is 0. The smallest absolute Gasteiger partial charge is 0.251 e. The number of nitrogens with one attached hydrogen (secondary N) is 1. The zero-order chi connectivity index (χ0) is 16.2. The fourth-order valence-electron chi connectivity index (χ4n) is 3.11. The number of nitrogens with zero attached hydrogens (tertiary/aromatic N) is 2. The van der Waals surface area contributed by atoms with E-state index in [-0.39, 0.29) is 23.8 Å². The Bertz CT molecular complexity index is 696. The molecule has 2 aromatic rings. The SMILES string of the molecule is NC(=O)[C@@H]1CCCC[C@H]1NC(=O)c1cccc(-n2cccn2)c1. The number of primary amides is 1. The molecule has 0 spiro atoms. The summed E-state index contributed by atoms with van der Waals surface area (Å²) in [7, 11) is 0. The third kappa shape index (κ3) is 3.41. The van der Waals surface area contributed by atoms with Crippen molar-refractivity contribution in [2.45, 2.75) is 31.7 Å². The van der Waals surface area contributed by atoms with Gasteiger partial charge in [0.15, 0.2) is 0 Å². The van der Waals surface area contributed by atoms with Gasteiger partial charge in [-0.1, -0.05) is 18.9 Å². The van der Waals surface area contributed by atoms with E-state index in [9.17, 15) is 9.59 Å². The van der Waals surface area contributed by atoms with Gasteiger partial charge in [0, 0.05) is 24.0 Å². The van der Waals surface area contributed by atoms with Crippen molar-refractivity contribution >= 4 is 11.8 Å². The number of hydrogen-bond acceptors (Lipinski definition) is 3. The van der Waals surface area contributed by atoms with E-state index in [2.05, 4.69) is 10.4 Å². The Kier molecular flexibility index (Phi) is 4.41. The highest BCUT2D eigenvalue weighted by molar-refractivity contribution is 5.95. The topological polar surface area (TPSA) is 90.0 Å². The van der Waals surface area contributed by atoms with Gasteiger partial charge in [-0.3, -0.25) is 9.59 Å². The summed E-state index contributed by atoms with van der Waals surface area (Å²) in [4.78, 5) is 24.1. The van der Waals surface area contributed by atoms with Crippen molar-refractivity contribution in [3.8, 4) is 5.69 Å². The van der Waals surface area contributed by atoms with E-state index < -0.39 is 0 Å². The largest absolute Gasteiger partial charge is 0.369 e. The van der Waals surface area contributed by atoms with Gasteiger partial charge in [0.2, 0.25) is 5.91 Å². The molecule has 2 amide bonds. The number of rotatable bonds is 4. The van der Waals surface area contributed by atoms with Crippen molar-refractivity contribution in [2.75, 3.05) is 0 Å². The number of carbonyl (C=O) groups excluding carboxylic acids is 2. The molecular formula is C17H20N4O2. The number of aromatic nitrogens is 2. The van der Waals surface area contributed by atoms with Gasteiger partial charge >= 0.3 is 0 Å². The summed E-state index contributed by atoms with van der Waals surface area (Å²) in [6.45, 7) is 0. The molecule has 2 atom stereocenters. The van der Waals surface area contributed by atoms with Crippen LogP contribution in [-0.2, 0) is 4.79 Å². The van der Waals surface area contributed by atoms with Crippen molar-refractivity contribution < 1.29 is 9.59 Å². The summed E-state index contributed by atoms with van der Waals surface area (Å²) < 4.78 is 1.70. The number of hydrogen-bond donors (Lipinski definition) is 2. The Morgan fingerprint density at radius 3 is 2.78 bits per heavy atom. The zero-order valence-corrected chi connectivity index (χ0v) is 12.8. The number of carbonyl (C=O) groups is 2. The highest BCUT2D eigenvalue weighted by atomic mass is 16.2. The monoisotopic (exact) mass is 312 g/mol. The predicted octanol–water partition coefficient (Wildman–Crippen LogP) is 1.65. The molecule has 1 aromatic heterocycles. The van der Waals surface area contributed by atoms with Crippen LogP contribution in [0.25, 0.3) is 5.69 Å². The molecule has 0 unspecified atom stereocenters. The lowest BCUT2D eigenvalue weighted by Gasteiger charge is -2.30. The maximum absolute atomic E-state index is 12.5. The minimum atomic E-state index is -0.333. The maximum Gasteiger partial charge on any atom is 0.251 e. The second-order valence-electron chi connectivity index (χ2n) is 5.87. The number of nitrogens with two attached hydrogens (primary N) is 1. The minimum absolute atomic E-state index is 0.179. The van der Waals surface area contributed by atoms with Crippen molar-refractivity contribution in [3.05, 3.63) is 48.3 Å². The van der Waals surface area contributed by atoms with Crippen molar-refractivity contribution in [1.82, 2.24) is 15.1 Å². The van der Waals surface area contributed by atoms with Gasteiger partial charge in [0.25, 0.3) is 5.91 Å². The molecule has 6 heteroatoms. The van der Waals surface area contributed by atoms with E-state index in [1.54, 1.807) is 23.0 Å². The Labute approximate surface area is 134 Å². The van der Waals surface area contributed by atoms with Crippen LogP contribution in [0.1, 0.15) is 36.0 Å². The highest BCUT2D eigenvalue weighted by Crippen LogP contribution is 2.24. The highest BCUT2D eigenvalue weighted by Gasteiger charge is 2.30. The summed E-state index contributed by atoms with van der Waals surface area (Å²) in [6, 6.07) is 8.89. The third-order valence-corrected chi connectivity index (χ3v) is 4.33. The first-order valence-electron chi connectivity index (χ1n) is 7.85. The van der Waals surface area contributed by atoms with Crippen LogP contribution >= 0.6 is 0 Å². The summed E-state index contributed by atoms with van der Waals surface area (Å²) in [5, 5.41) is 7.13. The number of benzene rings is 1. The van der Waals surface area contributed by atoms with Crippen LogP contribution < -0.4 is 11.1 Å². The molecule has 0 saturated heterocycles. The third-order valence-electron chi connectivity index (χ3n) is 4.33. The number of amides is 2. The lowest BCUT2D eigenvalue weighted by Crippen LogP contribution is -2.47. The summed E-state index contributed by atoms with van der Waals surface area (Å²) in [5.74, 6) is -0.792. The molecule has 1 aromatic carbocycles. The average molecular weight is 312 g/mol. The normalized spacial score (nSPS) is 20.9. The van der Waals surface area contributed by atoms with Crippen molar-refractivity contribution in [3.63, 3.8) is 0 Å². The molecule has 0 radical (unpaired) electrons. The standard InChI is InChI=1S/C17H20N4O2/c18-16(22)14-7-1-2-8-15(14)20-17(23)12-5-3-6-13(11-12)21-10-4-9-19-21/h3-6,9-11,14-15H,1-2,7-8H2,(H2,18,22)(H,20,23)/t14-,15-/m1/s1. The molecule has 6 nitrogen and oxygen atoms in total. The van der Waals surface area contributed by atoms with E-state index in [1.165, 1.54) is 0 Å². The minimum Gasteiger partial charge on any atom is -0.369 e. The van der Waals surface area contributed by atoms with Gasteiger partial charge < -0.3 is 11.1 Å². The van der Waals surface area contributed by atoms with Crippen LogP contribution in [0.3, 0.4) is 0 Å². The predicted molar refractivity (Wildman–Crippen MR) is 86.0 cm³/mol. The first kappa shape index (κ1) is 15.3. The molecule has 1 fully saturated rings. The Balaban J connectivity index is 1.75. The Morgan fingerprint density at radius 1 is 1.22 bits per heavy atom. The molecule has 0 bridgehead atoms. The first-order valence-corrected chi connectivity index (χ1v) is 7.85. The van der Waals surface area contributed by atoms with Crippen LogP contribution in [0, 0.1) is 5.92 Å². The Morgan fingerprint density at radius 2 is 2.04 bits per heavy atom. The van der Waals surface area contributed by atoms with E-state index in [0.29, 0.717) is 5.56 Å². The van der Waals surface area contributed by atoms with Gasteiger partial charge in [-0.05, 0) is 37.1 Å². The lowest BCUT2D eigenvalue weighted by atomic mass is 9.84. The lowest BCUT2D eigenvalue weighted by molar-refractivity contribution is -0.123. The molecule has 23 heavy (non-hydrogen) atoms. The van der Waals surface area contributed by atoms with Crippen LogP contribution in [0.15, 0.2) is 42.7 Å². The van der Waals surface area contributed by atoms with Gasteiger partial charge in [-0.15, -0.1) is 0 Å². The van der Waals surface area contributed by atoms with Crippen LogP contribution in [0.2, 0.25) is 0 Å². The van der Waals surface area contributed by atoms with E-state index >= 15 is 0 Å². The first-order chi connectivity index (χ1) is 11.1. The van der Waals surface area contributed by atoms with Gasteiger partial charge in [-0.2, -0.15) is 5.10 Å². The fraction of sp³-hybridized carbons (Fsp3) is 0.353. The van der Waals surface area contributed by atoms with E-state index in [0.717, 1.165) is 31.4 Å². The molecular weight excluding hydrogens is 292 g/mol. The second-order valence-corrected chi connectivity index (χ2v) is 5.87. The Hall–Kier alpha value is -2.63. The van der Waals surface area contributed by atoms with E-state index in [1.807, 2.05) is 24.4 Å².